The van der Waals surface area contributed by atoms with Crippen molar-refractivity contribution in [3.05, 3.63) is 0 Å². The Balaban J connectivity index is 1.91. The standard InChI is InChI=1S/C17H35NO3/c1-14(2)11-15(3)21-13-16(19)12-18-9-10-20-17-7-5-4-6-8-17/h14-19H,4-13H2,1-3H3. The van der Waals surface area contributed by atoms with Crippen LogP contribution in [0.5, 0.6) is 0 Å². The summed E-state index contributed by atoms with van der Waals surface area (Å²) in [4.78, 5) is 0. The van der Waals surface area contributed by atoms with Crippen LogP contribution in [0.25, 0.3) is 0 Å². The van der Waals surface area contributed by atoms with Crippen LogP contribution in [-0.2, 0) is 9.47 Å². The second-order valence-corrected chi connectivity index (χ2v) is 6.76. The summed E-state index contributed by atoms with van der Waals surface area (Å²) in [6, 6.07) is 0. The molecule has 21 heavy (non-hydrogen) atoms. The molecule has 4 nitrogen and oxygen atoms in total. The zero-order valence-corrected chi connectivity index (χ0v) is 14.1. The fourth-order valence-electron chi connectivity index (χ4n) is 2.86. The van der Waals surface area contributed by atoms with Crippen LogP contribution in [0.15, 0.2) is 0 Å². The SMILES string of the molecule is CC(C)CC(C)OCC(O)CNCCOC1CCCCC1. The molecule has 0 bridgehead atoms. The summed E-state index contributed by atoms with van der Waals surface area (Å²) < 4.78 is 11.5. The minimum atomic E-state index is -0.436. The first-order valence-corrected chi connectivity index (χ1v) is 8.70. The fraction of sp³-hybridized carbons (Fsp3) is 1.00. The minimum absolute atomic E-state index is 0.217. The van der Waals surface area contributed by atoms with Gasteiger partial charge in [0.15, 0.2) is 0 Å². The van der Waals surface area contributed by atoms with Gasteiger partial charge in [-0.05, 0) is 32.1 Å². The van der Waals surface area contributed by atoms with Crippen LogP contribution in [0.2, 0.25) is 0 Å². The minimum Gasteiger partial charge on any atom is -0.389 e. The molecule has 4 heteroatoms. The van der Waals surface area contributed by atoms with E-state index in [1.807, 2.05) is 0 Å². The van der Waals surface area contributed by atoms with Gasteiger partial charge in [-0.15, -0.1) is 0 Å². The Morgan fingerprint density at radius 2 is 1.86 bits per heavy atom. The summed E-state index contributed by atoms with van der Waals surface area (Å²) in [6.07, 6.45) is 7.68. The fourth-order valence-corrected chi connectivity index (χ4v) is 2.86. The maximum absolute atomic E-state index is 9.85. The third-order valence-corrected chi connectivity index (χ3v) is 3.94. The maximum Gasteiger partial charge on any atom is 0.0897 e. The van der Waals surface area contributed by atoms with Crippen molar-refractivity contribution >= 4 is 0 Å². The normalized spacial score (nSPS) is 19.9. The Bertz CT molecular complexity index is 242. The second kappa shape index (κ2) is 11.4. The van der Waals surface area contributed by atoms with Crippen molar-refractivity contribution in [2.24, 2.45) is 5.92 Å². The molecule has 0 aliphatic heterocycles. The Hall–Kier alpha value is -0.160. The lowest BCUT2D eigenvalue weighted by Crippen LogP contribution is -2.34. The first kappa shape index (κ1) is 18.9. The van der Waals surface area contributed by atoms with Gasteiger partial charge in [0.25, 0.3) is 0 Å². The van der Waals surface area contributed by atoms with Crippen LogP contribution in [0.1, 0.15) is 59.3 Å². The Labute approximate surface area is 130 Å². The van der Waals surface area contributed by atoms with E-state index < -0.39 is 6.10 Å². The molecule has 0 aromatic carbocycles. The molecule has 1 saturated carbocycles. The summed E-state index contributed by atoms with van der Waals surface area (Å²) in [5, 5.41) is 13.1. The number of aliphatic hydroxyl groups excluding tert-OH is 1. The Morgan fingerprint density at radius 3 is 2.52 bits per heavy atom. The van der Waals surface area contributed by atoms with Crippen molar-refractivity contribution in [1.82, 2.24) is 5.32 Å². The molecule has 0 aromatic rings. The smallest absolute Gasteiger partial charge is 0.0897 e. The molecule has 0 aromatic heterocycles. The van der Waals surface area contributed by atoms with Crippen molar-refractivity contribution < 1.29 is 14.6 Å². The Morgan fingerprint density at radius 1 is 1.14 bits per heavy atom. The second-order valence-electron chi connectivity index (χ2n) is 6.76. The van der Waals surface area contributed by atoms with Gasteiger partial charge in [0, 0.05) is 13.1 Å². The van der Waals surface area contributed by atoms with Crippen LogP contribution < -0.4 is 5.32 Å². The highest BCUT2D eigenvalue weighted by Crippen LogP contribution is 2.19. The van der Waals surface area contributed by atoms with Gasteiger partial charge in [-0.3, -0.25) is 0 Å². The Kier molecular flexibility index (Phi) is 10.3. The third kappa shape index (κ3) is 10.2. The van der Waals surface area contributed by atoms with Crippen molar-refractivity contribution in [2.75, 3.05) is 26.3 Å². The van der Waals surface area contributed by atoms with Crippen LogP contribution >= 0.6 is 0 Å². The van der Waals surface area contributed by atoms with Crippen LogP contribution in [0.3, 0.4) is 0 Å². The van der Waals surface area contributed by atoms with Crippen molar-refractivity contribution in [1.29, 1.82) is 0 Å². The number of aliphatic hydroxyl groups is 1. The molecule has 1 rings (SSSR count). The predicted octanol–water partition coefficient (Wildman–Crippen LogP) is 2.74. The van der Waals surface area contributed by atoms with Gasteiger partial charge >= 0.3 is 0 Å². The van der Waals surface area contributed by atoms with Gasteiger partial charge in [0.2, 0.25) is 0 Å². The van der Waals surface area contributed by atoms with E-state index in [4.69, 9.17) is 9.47 Å². The molecule has 0 heterocycles. The van der Waals surface area contributed by atoms with E-state index >= 15 is 0 Å². The molecule has 1 aliphatic rings. The number of rotatable bonds is 11. The first-order valence-electron chi connectivity index (χ1n) is 8.70. The number of ether oxygens (including phenoxy) is 2. The average molecular weight is 301 g/mol. The molecule has 1 fully saturated rings. The zero-order chi connectivity index (χ0) is 15.5. The van der Waals surface area contributed by atoms with E-state index in [0.717, 1.165) is 19.6 Å². The van der Waals surface area contributed by atoms with Crippen LogP contribution in [0, 0.1) is 5.92 Å². The highest BCUT2D eigenvalue weighted by Gasteiger charge is 2.13. The van der Waals surface area contributed by atoms with E-state index in [9.17, 15) is 5.11 Å². The molecule has 2 unspecified atom stereocenters. The van der Waals surface area contributed by atoms with Crippen molar-refractivity contribution in [2.45, 2.75) is 77.6 Å². The lowest BCUT2D eigenvalue weighted by molar-refractivity contribution is -0.0103. The third-order valence-electron chi connectivity index (χ3n) is 3.94. The summed E-state index contributed by atoms with van der Waals surface area (Å²) >= 11 is 0. The molecule has 126 valence electrons. The van der Waals surface area contributed by atoms with E-state index in [2.05, 4.69) is 26.1 Å². The van der Waals surface area contributed by atoms with Crippen molar-refractivity contribution in [3.8, 4) is 0 Å². The zero-order valence-electron chi connectivity index (χ0n) is 14.1. The molecule has 2 N–H and O–H groups in total. The molecule has 0 radical (unpaired) electrons. The molecule has 2 atom stereocenters. The number of hydrogen-bond donors (Lipinski definition) is 2. The van der Waals surface area contributed by atoms with Crippen LogP contribution in [0.4, 0.5) is 0 Å². The number of nitrogens with one attached hydrogen (secondary N) is 1. The van der Waals surface area contributed by atoms with E-state index in [1.54, 1.807) is 0 Å². The summed E-state index contributed by atoms with van der Waals surface area (Å²) in [5.74, 6) is 0.632. The molecule has 0 amide bonds. The largest absolute Gasteiger partial charge is 0.389 e. The van der Waals surface area contributed by atoms with Crippen molar-refractivity contribution in [3.63, 3.8) is 0 Å². The first-order chi connectivity index (χ1) is 10.1. The highest BCUT2D eigenvalue weighted by atomic mass is 16.5. The van der Waals surface area contributed by atoms with E-state index in [0.29, 0.717) is 25.2 Å². The quantitative estimate of drug-likeness (QED) is 0.576. The van der Waals surface area contributed by atoms with Gasteiger partial charge in [-0.2, -0.15) is 0 Å². The molecule has 0 saturated heterocycles. The van der Waals surface area contributed by atoms with Gasteiger partial charge in [0.1, 0.15) is 0 Å². The monoisotopic (exact) mass is 301 g/mol. The number of hydrogen-bond acceptors (Lipinski definition) is 4. The lowest BCUT2D eigenvalue weighted by atomic mass is 9.98. The van der Waals surface area contributed by atoms with Gasteiger partial charge < -0.3 is 19.9 Å². The summed E-state index contributed by atoms with van der Waals surface area (Å²) in [5.41, 5.74) is 0. The topological polar surface area (TPSA) is 50.7 Å². The molecular weight excluding hydrogens is 266 g/mol. The van der Waals surface area contributed by atoms with E-state index in [1.165, 1.54) is 32.1 Å². The lowest BCUT2D eigenvalue weighted by Gasteiger charge is -2.22. The van der Waals surface area contributed by atoms with Crippen LogP contribution in [-0.4, -0.2) is 49.7 Å². The average Bonchev–Trinajstić information content (AvgIpc) is 2.45. The molecule has 0 spiro atoms. The van der Waals surface area contributed by atoms with Gasteiger partial charge in [-0.1, -0.05) is 33.1 Å². The predicted molar refractivity (Wildman–Crippen MR) is 86.6 cm³/mol. The molecule has 1 aliphatic carbocycles. The van der Waals surface area contributed by atoms with E-state index in [-0.39, 0.29) is 6.10 Å². The maximum atomic E-state index is 9.85. The summed E-state index contributed by atoms with van der Waals surface area (Å²) in [7, 11) is 0. The highest BCUT2D eigenvalue weighted by molar-refractivity contribution is 4.66. The molecular formula is C17H35NO3. The van der Waals surface area contributed by atoms with Gasteiger partial charge in [-0.25, -0.2) is 0 Å². The summed E-state index contributed by atoms with van der Waals surface area (Å²) in [6.45, 7) is 8.95. The van der Waals surface area contributed by atoms with Gasteiger partial charge in [0.05, 0.1) is 31.5 Å².